The maximum absolute atomic E-state index is 13.1. The summed E-state index contributed by atoms with van der Waals surface area (Å²) >= 11 is 7.34. The van der Waals surface area contributed by atoms with Crippen molar-refractivity contribution in [3.8, 4) is 0 Å². The number of carbonyl (C=O) groups excluding carboxylic acids is 3. The fraction of sp³-hybridized carbons (Fsp3) is 0.190. The van der Waals surface area contributed by atoms with Crippen LogP contribution in [0.3, 0.4) is 0 Å². The van der Waals surface area contributed by atoms with Crippen LogP contribution in [0.4, 0.5) is 5.69 Å². The molecule has 2 aromatic rings. The van der Waals surface area contributed by atoms with Crippen LogP contribution in [0.2, 0.25) is 5.02 Å². The molecule has 8 heteroatoms. The number of amides is 3. The molecule has 0 aliphatic carbocycles. The van der Waals surface area contributed by atoms with Crippen LogP contribution in [0.25, 0.3) is 5.57 Å². The van der Waals surface area contributed by atoms with Crippen LogP contribution in [0.1, 0.15) is 18.1 Å². The molecule has 1 aliphatic rings. The second-order valence-electron chi connectivity index (χ2n) is 6.32. The maximum Gasteiger partial charge on any atom is 0.268 e. The zero-order valence-corrected chi connectivity index (χ0v) is 17.2. The molecule has 0 spiro atoms. The van der Waals surface area contributed by atoms with E-state index in [0.717, 1.165) is 16.7 Å². The molecule has 3 amide bonds. The Hall–Kier alpha value is -2.61. The Morgan fingerprint density at radius 1 is 1.10 bits per heavy atom. The Bertz CT molecular complexity index is 988. The van der Waals surface area contributed by atoms with Crippen molar-refractivity contribution in [2.75, 3.05) is 17.7 Å². The average molecular weight is 431 g/mol. The van der Waals surface area contributed by atoms with Crippen molar-refractivity contribution in [3.63, 3.8) is 0 Å². The largest absolute Gasteiger partial charge is 0.396 e. The van der Waals surface area contributed by atoms with Crippen LogP contribution < -0.4 is 5.32 Å². The summed E-state index contributed by atoms with van der Waals surface area (Å²) in [5, 5.41) is 12.3. The minimum absolute atomic E-state index is 0.0635. The van der Waals surface area contributed by atoms with Crippen molar-refractivity contribution in [1.82, 2.24) is 4.90 Å². The first-order valence-electron chi connectivity index (χ1n) is 8.88. The lowest BCUT2D eigenvalue weighted by molar-refractivity contribution is -0.137. The summed E-state index contributed by atoms with van der Waals surface area (Å²) < 4.78 is 0. The van der Waals surface area contributed by atoms with Gasteiger partial charge in [-0.2, -0.15) is 0 Å². The average Bonchev–Trinajstić information content (AvgIpc) is 2.92. The first-order chi connectivity index (χ1) is 13.9. The number of benzene rings is 2. The van der Waals surface area contributed by atoms with Crippen molar-refractivity contribution < 1.29 is 19.5 Å². The zero-order valence-electron chi connectivity index (χ0n) is 15.6. The molecule has 0 aromatic heterocycles. The smallest absolute Gasteiger partial charge is 0.268 e. The van der Waals surface area contributed by atoms with Gasteiger partial charge in [0.2, 0.25) is 5.91 Å². The number of aliphatic hydroxyl groups excluding tert-OH is 1. The quantitative estimate of drug-likeness (QED) is 0.658. The predicted molar refractivity (Wildman–Crippen MR) is 114 cm³/mol. The molecule has 0 bridgehead atoms. The second kappa shape index (κ2) is 9.26. The fourth-order valence-corrected chi connectivity index (χ4v) is 4.03. The van der Waals surface area contributed by atoms with Crippen molar-refractivity contribution in [1.29, 1.82) is 0 Å². The maximum atomic E-state index is 13.1. The number of nitrogens with zero attached hydrogens (tertiary/aromatic N) is 1. The number of halogens is 1. The second-order valence-corrected chi connectivity index (χ2v) is 7.83. The molecule has 0 saturated heterocycles. The van der Waals surface area contributed by atoms with Crippen LogP contribution in [-0.4, -0.2) is 40.1 Å². The predicted octanol–water partition coefficient (Wildman–Crippen LogP) is 3.30. The van der Waals surface area contributed by atoms with Gasteiger partial charge in [-0.05, 0) is 29.3 Å². The van der Waals surface area contributed by atoms with Crippen LogP contribution in [0, 0.1) is 0 Å². The number of rotatable bonds is 7. The van der Waals surface area contributed by atoms with Gasteiger partial charge in [0.05, 0.1) is 23.6 Å². The lowest BCUT2D eigenvalue weighted by Gasteiger charge is -2.16. The molecule has 2 aromatic carbocycles. The van der Waals surface area contributed by atoms with E-state index >= 15 is 0 Å². The van der Waals surface area contributed by atoms with E-state index in [-0.39, 0.29) is 24.6 Å². The summed E-state index contributed by atoms with van der Waals surface area (Å²) in [6.07, 6.45) is 0. The van der Waals surface area contributed by atoms with Crippen LogP contribution in [0.15, 0.2) is 53.4 Å². The van der Waals surface area contributed by atoms with E-state index in [4.69, 9.17) is 11.6 Å². The third kappa shape index (κ3) is 4.70. The normalized spacial score (nSPS) is 14.0. The lowest BCUT2D eigenvalue weighted by atomic mass is 10.1. The van der Waals surface area contributed by atoms with Crippen LogP contribution in [-0.2, 0) is 20.9 Å². The van der Waals surface area contributed by atoms with Gasteiger partial charge in [-0.15, -0.1) is 11.8 Å². The van der Waals surface area contributed by atoms with Crippen LogP contribution in [0.5, 0.6) is 0 Å². The minimum Gasteiger partial charge on any atom is -0.396 e. The Kier molecular flexibility index (Phi) is 6.74. The van der Waals surface area contributed by atoms with E-state index in [1.807, 2.05) is 0 Å². The van der Waals surface area contributed by atoms with Crippen LogP contribution >= 0.6 is 23.4 Å². The standard InChI is InChI=1S/C21H19ClN2O4S/c1-13(26)23-16-8-6-14(7-9-16)18-19(29-11-10-25)21(28)24(20(18)27)12-15-4-2-3-5-17(15)22/h2-9,25H,10-12H2,1H3,(H,23,26). The van der Waals surface area contributed by atoms with E-state index in [1.165, 1.54) is 6.92 Å². The van der Waals surface area contributed by atoms with Crippen molar-refractivity contribution in [3.05, 3.63) is 69.6 Å². The minimum atomic E-state index is -0.414. The topological polar surface area (TPSA) is 86.7 Å². The first kappa shape index (κ1) is 21.1. The number of hydrogen-bond donors (Lipinski definition) is 2. The number of anilines is 1. The SMILES string of the molecule is CC(=O)Nc1ccc(C2=C(SCCO)C(=O)N(Cc3ccccc3Cl)C2=O)cc1. The molecule has 0 unspecified atom stereocenters. The summed E-state index contributed by atoms with van der Waals surface area (Å²) in [6, 6.07) is 13.8. The first-order valence-corrected chi connectivity index (χ1v) is 10.2. The highest BCUT2D eigenvalue weighted by Gasteiger charge is 2.39. The Balaban J connectivity index is 1.94. The van der Waals surface area contributed by atoms with Gasteiger partial charge in [0.25, 0.3) is 11.8 Å². The lowest BCUT2D eigenvalue weighted by Crippen LogP contribution is -2.31. The highest BCUT2D eigenvalue weighted by molar-refractivity contribution is 8.04. The molecule has 0 atom stereocenters. The number of hydrogen-bond acceptors (Lipinski definition) is 5. The summed E-state index contributed by atoms with van der Waals surface area (Å²) in [7, 11) is 0. The molecule has 3 rings (SSSR count). The van der Waals surface area contributed by atoms with Gasteiger partial charge in [-0.3, -0.25) is 19.3 Å². The number of aliphatic hydroxyl groups is 1. The van der Waals surface area contributed by atoms with Gasteiger partial charge in [0, 0.05) is 23.4 Å². The Morgan fingerprint density at radius 2 is 1.79 bits per heavy atom. The van der Waals surface area contributed by atoms with Gasteiger partial charge in [0.15, 0.2) is 0 Å². The molecule has 0 fully saturated rings. The van der Waals surface area contributed by atoms with E-state index in [9.17, 15) is 19.5 Å². The summed E-state index contributed by atoms with van der Waals surface area (Å²) in [5.74, 6) is -0.729. The molecular weight excluding hydrogens is 412 g/mol. The van der Waals surface area contributed by atoms with E-state index in [2.05, 4.69) is 5.32 Å². The molecule has 1 heterocycles. The monoisotopic (exact) mass is 430 g/mol. The summed E-state index contributed by atoms with van der Waals surface area (Å²) in [6.45, 7) is 1.36. The highest BCUT2D eigenvalue weighted by atomic mass is 35.5. The molecule has 0 saturated carbocycles. The van der Waals surface area contributed by atoms with Crippen molar-refractivity contribution in [2.24, 2.45) is 0 Å². The molecule has 150 valence electrons. The number of carbonyl (C=O) groups is 3. The van der Waals surface area contributed by atoms with Gasteiger partial charge in [0.1, 0.15) is 0 Å². The van der Waals surface area contributed by atoms with E-state index < -0.39 is 11.8 Å². The molecule has 1 aliphatic heterocycles. The molecule has 0 radical (unpaired) electrons. The third-order valence-corrected chi connectivity index (χ3v) is 5.67. The molecular formula is C21H19ClN2O4S. The van der Waals surface area contributed by atoms with Gasteiger partial charge in [-0.25, -0.2) is 0 Å². The number of imide groups is 1. The zero-order chi connectivity index (χ0) is 21.0. The Labute approximate surface area is 177 Å². The molecule has 2 N–H and O–H groups in total. The van der Waals surface area contributed by atoms with Gasteiger partial charge in [-0.1, -0.05) is 41.9 Å². The van der Waals surface area contributed by atoms with E-state index in [0.29, 0.717) is 32.5 Å². The van der Waals surface area contributed by atoms with Gasteiger partial charge < -0.3 is 10.4 Å². The van der Waals surface area contributed by atoms with Gasteiger partial charge >= 0.3 is 0 Å². The van der Waals surface area contributed by atoms with Crippen molar-refractivity contribution in [2.45, 2.75) is 13.5 Å². The van der Waals surface area contributed by atoms with Crippen molar-refractivity contribution >= 4 is 52.3 Å². The Morgan fingerprint density at radius 3 is 2.41 bits per heavy atom. The summed E-state index contributed by atoms with van der Waals surface area (Å²) in [4.78, 5) is 38.8. The molecule has 6 nitrogen and oxygen atoms in total. The highest BCUT2D eigenvalue weighted by Crippen LogP contribution is 2.37. The third-order valence-electron chi connectivity index (χ3n) is 4.24. The number of nitrogens with one attached hydrogen (secondary N) is 1. The van der Waals surface area contributed by atoms with E-state index in [1.54, 1.807) is 48.5 Å². The fourth-order valence-electron chi connectivity index (χ4n) is 2.95. The molecule has 29 heavy (non-hydrogen) atoms. The number of thioether (sulfide) groups is 1. The summed E-state index contributed by atoms with van der Waals surface area (Å²) in [5.41, 5.74) is 2.12.